The Hall–Kier alpha value is -3.10. The van der Waals surface area contributed by atoms with E-state index in [1.165, 1.54) is 21.1 Å². The van der Waals surface area contributed by atoms with E-state index in [-0.39, 0.29) is 35.5 Å². The van der Waals surface area contributed by atoms with Crippen molar-refractivity contribution in [2.24, 2.45) is 23.7 Å². The summed E-state index contributed by atoms with van der Waals surface area (Å²) in [6.45, 7) is 0.905. The molecule has 1 heterocycles. The average Bonchev–Trinajstić information content (AvgIpc) is 3.45. The van der Waals surface area contributed by atoms with Gasteiger partial charge in [0.1, 0.15) is 17.5 Å². The number of esters is 1. The van der Waals surface area contributed by atoms with Gasteiger partial charge in [-0.3, -0.25) is 19.3 Å². The van der Waals surface area contributed by atoms with E-state index in [4.69, 9.17) is 14.2 Å². The molecule has 5 atom stereocenters. The van der Waals surface area contributed by atoms with Gasteiger partial charge in [0.15, 0.2) is 6.61 Å². The molecule has 3 amide bonds. The molecule has 0 aromatic heterocycles. The van der Waals surface area contributed by atoms with Crippen LogP contribution in [0.15, 0.2) is 18.2 Å². The van der Waals surface area contributed by atoms with E-state index in [0.717, 1.165) is 24.2 Å². The zero-order valence-electron chi connectivity index (χ0n) is 17.8. The maximum atomic E-state index is 12.8. The van der Waals surface area contributed by atoms with Crippen LogP contribution in [0.3, 0.4) is 0 Å². The number of hydrogen-bond donors (Lipinski definition) is 1. The number of imide groups is 1. The molecule has 1 N–H and O–H groups in total. The highest BCUT2D eigenvalue weighted by Gasteiger charge is 2.62. The summed E-state index contributed by atoms with van der Waals surface area (Å²) in [5, 5.41) is 2.60. The minimum atomic E-state index is -1.07. The van der Waals surface area contributed by atoms with Crippen LogP contribution in [0.5, 0.6) is 11.5 Å². The molecular formula is C22H26N2O7. The summed E-state index contributed by atoms with van der Waals surface area (Å²) in [5.41, 5.74) is 0.365. The van der Waals surface area contributed by atoms with Crippen molar-refractivity contribution in [2.75, 3.05) is 26.1 Å². The van der Waals surface area contributed by atoms with E-state index < -0.39 is 24.5 Å². The lowest BCUT2D eigenvalue weighted by Crippen LogP contribution is -2.45. The predicted octanol–water partition coefficient (Wildman–Crippen LogP) is 1.61. The highest BCUT2D eigenvalue weighted by Crippen LogP contribution is 2.56. The Labute approximate surface area is 180 Å². The number of carbonyl (C=O) groups excluding carboxylic acids is 4. The summed E-state index contributed by atoms with van der Waals surface area (Å²) in [6.07, 6.45) is 2.85. The molecule has 1 saturated heterocycles. The molecule has 2 bridgehead atoms. The van der Waals surface area contributed by atoms with Crippen molar-refractivity contribution in [3.05, 3.63) is 18.2 Å². The first kappa shape index (κ1) is 21.1. The zero-order valence-corrected chi connectivity index (χ0v) is 17.8. The molecule has 9 nitrogen and oxygen atoms in total. The minimum absolute atomic E-state index is 0.239. The molecule has 0 unspecified atom stereocenters. The monoisotopic (exact) mass is 430 g/mol. The maximum absolute atomic E-state index is 12.8. The van der Waals surface area contributed by atoms with Crippen LogP contribution in [0.2, 0.25) is 0 Å². The van der Waals surface area contributed by atoms with E-state index >= 15 is 0 Å². The fourth-order valence-electron chi connectivity index (χ4n) is 5.27. The zero-order chi connectivity index (χ0) is 22.3. The second-order valence-corrected chi connectivity index (χ2v) is 8.33. The van der Waals surface area contributed by atoms with Crippen molar-refractivity contribution in [1.29, 1.82) is 0 Å². The Kier molecular flexibility index (Phi) is 5.60. The molecule has 2 aliphatic carbocycles. The number of amides is 3. The third-order valence-electron chi connectivity index (χ3n) is 6.72. The van der Waals surface area contributed by atoms with E-state index in [9.17, 15) is 19.2 Å². The van der Waals surface area contributed by atoms with Gasteiger partial charge in [0, 0.05) is 6.07 Å². The maximum Gasteiger partial charge on any atom is 0.329 e. The number of nitrogens with one attached hydrogen (secondary N) is 1. The van der Waals surface area contributed by atoms with Gasteiger partial charge in [-0.15, -0.1) is 0 Å². The van der Waals surface area contributed by atoms with Crippen LogP contribution < -0.4 is 14.8 Å². The molecule has 0 spiro atoms. The van der Waals surface area contributed by atoms with Gasteiger partial charge in [-0.1, -0.05) is 0 Å². The smallest absolute Gasteiger partial charge is 0.329 e. The molecule has 31 heavy (non-hydrogen) atoms. The number of benzene rings is 1. The van der Waals surface area contributed by atoms with Gasteiger partial charge >= 0.3 is 5.97 Å². The number of carbonyl (C=O) groups is 4. The molecule has 0 radical (unpaired) electrons. The summed E-state index contributed by atoms with van der Waals surface area (Å²) in [4.78, 5) is 51.5. The number of methoxy groups -OCH3 is 2. The van der Waals surface area contributed by atoms with E-state index in [2.05, 4.69) is 5.32 Å². The van der Waals surface area contributed by atoms with Gasteiger partial charge in [-0.05, 0) is 50.2 Å². The SMILES string of the molecule is COc1ccc(OC)c(NC(=O)COC(=O)[C@@H](C)N2C(=O)[C@@H]3[C@H]4CC[C@@H](C4)[C@@H]3C2=O)c1. The molecule has 1 aliphatic heterocycles. The standard InChI is InChI=1S/C22H26N2O7/c1-11(24-20(26)18-12-4-5-13(8-12)19(18)21(24)27)22(28)31-10-17(25)23-15-9-14(29-2)6-7-16(15)30-3/h6-7,9,11-13,18-19H,4-5,8,10H2,1-3H3,(H,23,25)/t11-,12+,13+,18-,19+/m1/s1. The number of hydrogen-bond acceptors (Lipinski definition) is 7. The highest BCUT2D eigenvalue weighted by molar-refractivity contribution is 6.08. The first-order valence-corrected chi connectivity index (χ1v) is 10.4. The van der Waals surface area contributed by atoms with Crippen LogP contribution in [0.25, 0.3) is 0 Å². The molecule has 4 rings (SSSR count). The van der Waals surface area contributed by atoms with Gasteiger partial charge in [-0.2, -0.15) is 0 Å². The normalized spacial score (nSPS) is 27.1. The molecule has 3 fully saturated rings. The minimum Gasteiger partial charge on any atom is -0.497 e. The topological polar surface area (TPSA) is 111 Å². The first-order chi connectivity index (χ1) is 14.8. The van der Waals surface area contributed by atoms with Crippen LogP contribution in [-0.2, 0) is 23.9 Å². The number of ether oxygens (including phenoxy) is 3. The average molecular weight is 430 g/mol. The highest BCUT2D eigenvalue weighted by atomic mass is 16.5. The second kappa shape index (κ2) is 8.20. The first-order valence-electron chi connectivity index (χ1n) is 10.4. The van der Waals surface area contributed by atoms with Crippen molar-refractivity contribution in [3.63, 3.8) is 0 Å². The Morgan fingerprint density at radius 1 is 1.10 bits per heavy atom. The van der Waals surface area contributed by atoms with Crippen molar-refractivity contribution in [2.45, 2.75) is 32.2 Å². The summed E-state index contributed by atoms with van der Waals surface area (Å²) < 4.78 is 15.4. The predicted molar refractivity (Wildman–Crippen MR) is 108 cm³/mol. The third kappa shape index (κ3) is 3.62. The van der Waals surface area contributed by atoms with Crippen molar-refractivity contribution >= 4 is 29.4 Å². The van der Waals surface area contributed by atoms with Gasteiger partial charge in [0.05, 0.1) is 31.7 Å². The van der Waals surface area contributed by atoms with Crippen LogP contribution in [0, 0.1) is 23.7 Å². The molecule has 3 aliphatic rings. The number of rotatable bonds is 7. The van der Waals surface area contributed by atoms with Crippen LogP contribution in [0.1, 0.15) is 26.2 Å². The molecule has 1 aromatic rings. The quantitative estimate of drug-likeness (QED) is 0.517. The number of anilines is 1. The molecular weight excluding hydrogens is 404 g/mol. The summed E-state index contributed by atoms with van der Waals surface area (Å²) in [7, 11) is 2.96. The van der Waals surface area contributed by atoms with E-state index in [1.807, 2.05) is 0 Å². The number of fused-ring (bicyclic) bond motifs is 5. The van der Waals surface area contributed by atoms with Crippen LogP contribution >= 0.6 is 0 Å². The van der Waals surface area contributed by atoms with Crippen molar-refractivity contribution in [1.82, 2.24) is 4.90 Å². The van der Waals surface area contributed by atoms with E-state index in [0.29, 0.717) is 17.2 Å². The fraction of sp³-hybridized carbons (Fsp3) is 0.545. The summed E-state index contributed by atoms with van der Waals surface area (Å²) in [5.74, 6) is -1.12. The summed E-state index contributed by atoms with van der Waals surface area (Å²) >= 11 is 0. The van der Waals surface area contributed by atoms with Crippen molar-refractivity contribution < 1.29 is 33.4 Å². The van der Waals surface area contributed by atoms with E-state index in [1.54, 1.807) is 18.2 Å². The fourth-order valence-corrected chi connectivity index (χ4v) is 5.27. The molecule has 166 valence electrons. The van der Waals surface area contributed by atoms with Gasteiger partial charge in [-0.25, -0.2) is 4.79 Å². The summed E-state index contributed by atoms with van der Waals surface area (Å²) in [6, 6.07) is 3.83. The molecule has 1 aromatic carbocycles. The number of likely N-dealkylation sites (tertiary alicyclic amines) is 1. The second-order valence-electron chi connectivity index (χ2n) is 8.33. The van der Waals surface area contributed by atoms with Gasteiger partial charge < -0.3 is 19.5 Å². The van der Waals surface area contributed by atoms with Crippen LogP contribution in [0.4, 0.5) is 5.69 Å². The van der Waals surface area contributed by atoms with Crippen LogP contribution in [-0.4, -0.2) is 55.5 Å². The number of nitrogens with zero attached hydrogens (tertiary/aromatic N) is 1. The Morgan fingerprint density at radius 2 is 1.74 bits per heavy atom. The van der Waals surface area contributed by atoms with Gasteiger partial charge in [0.2, 0.25) is 11.8 Å². The Bertz CT molecular complexity index is 902. The van der Waals surface area contributed by atoms with Gasteiger partial charge in [0.25, 0.3) is 5.91 Å². The Morgan fingerprint density at radius 3 is 2.32 bits per heavy atom. The molecule has 9 heteroatoms. The Balaban J connectivity index is 1.35. The van der Waals surface area contributed by atoms with Crippen molar-refractivity contribution in [3.8, 4) is 11.5 Å². The lowest BCUT2D eigenvalue weighted by molar-refractivity contribution is -0.159. The largest absolute Gasteiger partial charge is 0.497 e. The third-order valence-corrected chi connectivity index (χ3v) is 6.72. The molecule has 2 saturated carbocycles. The lowest BCUT2D eigenvalue weighted by atomic mass is 9.81. The lowest BCUT2D eigenvalue weighted by Gasteiger charge is -2.23.